The third kappa shape index (κ3) is 1.41. The van der Waals surface area contributed by atoms with Crippen molar-refractivity contribution in [3.8, 4) is 5.75 Å². The zero-order valence-corrected chi connectivity index (χ0v) is 7.77. The fraction of sp³-hybridized carbons (Fsp3) is 0.455. The molecule has 0 aromatic heterocycles. The van der Waals surface area contributed by atoms with E-state index in [-0.39, 0.29) is 6.67 Å². The van der Waals surface area contributed by atoms with Crippen molar-refractivity contribution in [2.45, 2.75) is 26.4 Å². The van der Waals surface area contributed by atoms with Gasteiger partial charge in [-0.15, -0.1) is 0 Å². The molecular formula is C11H13FO. The Balaban J connectivity index is 2.52. The summed E-state index contributed by atoms with van der Waals surface area (Å²) in [5.41, 5.74) is 2.94. The summed E-state index contributed by atoms with van der Waals surface area (Å²) in [6.07, 6.45) is 1.96. The second-order valence-corrected chi connectivity index (χ2v) is 3.42. The third-order valence-electron chi connectivity index (χ3n) is 2.58. The summed E-state index contributed by atoms with van der Waals surface area (Å²) in [7, 11) is 0. The van der Waals surface area contributed by atoms with E-state index in [1.54, 1.807) is 0 Å². The quantitative estimate of drug-likeness (QED) is 0.645. The van der Waals surface area contributed by atoms with Gasteiger partial charge in [0.2, 0.25) is 0 Å². The van der Waals surface area contributed by atoms with E-state index in [0.29, 0.717) is 0 Å². The summed E-state index contributed by atoms with van der Waals surface area (Å²) in [6.45, 7) is 2.34. The minimum atomic E-state index is -0.377. The minimum absolute atomic E-state index is 0.377. The number of hydrogen-bond donors (Lipinski definition) is 0. The maximum atomic E-state index is 12.7. The van der Waals surface area contributed by atoms with Gasteiger partial charge in [0.05, 0.1) is 6.61 Å². The topological polar surface area (TPSA) is 9.23 Å². The molecule has 0 saturated carbocycles. The van der Waals surface area contributed by atoms with E-state index in [1.165, 1.54) is 0 Å². The van der Waals surface area contributed by atoms with Crippen LogP contribution in [0.4, 0.5) is 4.39 Å². The first kappa shape index (κ1) is 8.54. The predicted octanol–water partition coefficient (Wildman–Crippen LogP) is 2.79. The number of hydrogen-bond acceptors (Lipinski definition) is 1. The average molecular weight is 180 g/mol. The molecule has 1 heterocycles. The van der Waals surface area contributed by atoms with Crippen molar-refractivity contribution in [3.05, 3.63) is 28.8 Å². The first-order chi connectivity index (χ1) is 6.33. The fourth-order valence-electron chi connectivity index (χ4n) is 1.82. The van der Waals surface area contributed by atoms with Crippen LogP contribution in [0, 0.1) is 6.92 Å². The Bertz CT molecular complexity index is 320. The highest BCUT2D eigenvalue weighted by Gasteiger charge is 2.15. The molecule has 0 unspecified atom stereocenters. The summed E-state index contributed by atoms with van der Waals surface area (Å²) in [6, 6.07) is 3.88. The molecule has 0 saturated heterocycles. The Hall–Kier alpha value is -1.05. The second kappa shape index (κ2) is 3.36. The zero-order chi connectivity index (χ0) is 9.26. The number of ether oxygens (including phenoxy) is 1. The smallest absolute Gasteiger partial charge is 0.122 e. The Morgan fingerprint density at radius 2 is 2.31 bits per heavy atom. The third-order valence-corrected chi connectivity index (χ3v) is 2.58. The van der Waals surface area contributed by atoms with Crippen LogP contribution < -0.4 is 4.74 Å². The number of alkyl halides is 1. The Morgan fingerprint density at radius 1 is 1.46 bits per heavy atom. The molecule has 13 heavy (non-hydrogen) atoms. The molecule has 70 valence electrons. The fourth-order valence-corrected chi connectivity index (χ4v) is 1.82. The molecule has 0 radical (unpaired) electrons. The van der Waals surface area contributed by atoms with Gasteiger partial charge in [0, 0.05) is 5.56 Å². The highest BCUT2D eigenvalue weighted by atomic mass is 19.1. The van der Waals surface area contributed by atoms with Crippen molar-refractivity contribution in [1.29, 1.82) is 0 Å². The Labute approximate surface area is 77.5 Å². The Morgan fingerprint density at radius 3 is 3.08 bits per heavy atom. The molecule has 0 atom stereocenters. The van der Waals surface area contributed by atoms with E-state index >= 15 is 0 Å². The maximum Gasteiger partial charge on any atom is 0.122 e. The SMILES string of the molecule is Cc1ccc2c(c1CF)CCCO2. The lowest BCUT2D eigenvalue weighted by Crippen LogP contribution is -2.11. The number of halogens is 1. The van der Waals surface area contributed by atoms with Crippen LogP contribution in [0.2, 0.25) is 0 Å². The molecule has 1 aliphatic rings. The van der Waals surface area contributed by atoms with Gasteiger partial charge in [-0.3, -0.25) is 0 Å². The lowest BCUT2D eigenvalue weighted by molar-refractivity contribution is 0.286. The van der Waals surface area contributed by atoms with E-state index < -0.39 is 0 Å². The van der Waals surface area contributed by atoms with Crippen LogP contribution in [0.15, 0.2) is 12.1 Å². The van der Waals surface area contributed by atoms with Crippen molar-refractivity contribution in [3.63, 3.8) is 0 Å². The van der Waals surface area contributed by atoms with Crippen molar-refractivity contribution in [2.24, 2.45) is 0 Å². The summed E-state index contributed by atoms with van der Waals surface area (Å²) >= 11 is 0. The predicted molar refractivity (Wildman–Crippen MR) is 49.8 cm³/mol. The summed E-state index contributed by atoms with van der Waals surface area (Å²) < 4.78 is 18.2. The molecule has 2 rings (SSSR count). The van der Waals surface area contributed by atoms with Crippen LogP contribution in [0.5, 0.6) is 5.75 Å². The van der Waals surface area contributed by atoms with Crippen molar-refractivity contribution < 1.29 is 9.13 Å². The summed E-state index contributed by atoms with van der Waals surface area (Å²) in [5, 5.41) is 0. The molecule has 0 spiro atoms. The molecule has 0 aliphatic carbocycles. The molecule has 0 bridgehead atoms. The van der Waals surface area contributed by atoms with Crippen molar-refractivity contribution >= 4 is 0 Å². The molecule has 2 heteroatoms. The lowest BCUT2D eigenvalue weighted by atomic mass is 9.97. The van der Waals surface area contributed by atoms with Gasteiger partial charge >= 0.3 is 0 Å². The van der Waals surface area contributed by atoms with E-state index in [9.17, 15) is 4.39 Å². The molecule has 1 nitrogen and oxygen atoms in total. The number of fused-ring (bicyclic) bond motifs is 1. The van der Waals surface area contributed by atoms with Crippen molar-refractivity contribution in [1.82, 2.24) is 0 Å². The van der Waals surface area contributed by atoms with Crippen LogP contribution >= 0.6 is 0 Å². The van der Waals surface area contributed by atoms with Crippen LogP contribution in [-0.2, 0) is 13.1 Å². The summed E-state index contributed by atoms with van der Waals surface area (Å²) in [4.78, 5) is 0. The van der Waals surface area contributed by atoms with Crippen molar-refractivity contribution in [2.75, 3.05) is 6.61 Å². The van der Waals surface area contributed by atoms with Crippen LogP contribution in [0.25, 0.3) is 0 Å². The standard InChI is InChI=1S/C11H13FO/c1-8-4-5-11-9(10(8)7-12)3-2-6-13-11/h4-5H,2-3,6-7H2,1H3. The monoisotopic (exact) mass is 180 g/mol. The van der Waals surface area contributed by atoms with Gasteiger partial charge in [0.1, 0.15) is 12.4 Å². The number of rotatable bonds is 1. The number of benzene rings is 1. The molecular weight excluding hydrogens is 167 g/mol. The van der Waals surface area contributed by atoms with E-state index in [1.807, 2.05) is 19.1 Å². The van der Waals surface area contributed by atoms with Gasteiger partial charge in [-0.25, -0.2) is 4.39 Å². The first-order valence-corrected chi connectivity index (χ1v) is 4.63. The highest BCUT2D eigenvalue weighted by molar-refractivity contribution is 5.45. The molecule has 1 aromatic rings. The molecule has 0 amide bonds. The van der Waals surface area contributed by atoms with Gasteiger partial charge in [-0.2, -0.15) is 0 Å². The van der Waals surface area contributed by atoms with Gasteiger partial charge < -0.3 is 4.74 Å². The first-order valence-electron chi connectivity index (χ1n) is 4.63. The van der Waals surface area contributed by atoms with E-state index in [0.717, 1.165) is 41.9 Å². The van der Waals surface area contributed by atoms with Crippen LogP contribution in [0.3, 0.4) is 0 Å². The van der Waals surface area contributed by atoms with Crippen LogP contribution in [0.1, 0.15) is 23.1 Å². The largest absolute Gasteiger partial charge is 0.493 e. The van der Waals surface area contributed by atoms with E-state index in [2.05, 4.69) is 0 Å². The molecule has 0 fully saturated rings. The van der Waals surface area contributed by atoms with E-state index in [4.69, 9.17) is 4.74 Å². The maximum absolute atomic E-state index is 12.7. The average Bonchev–Trinajstić information content (AvgIpc) is 2.18. The lowest BCUT2D eigenvalue weighted by Gasteiger charge is -2.20. The van der Waals surface area contributed by atoms with Gasteiger partial charge in [-0.05, 0) is 37.0 Å². The highest BCUT2D eigenvalue weighted by Crippen LogP contribution is 2.30. The Kier molecular flexibility index (Phi) is 2.21. The minimum Gasteiger partial charge on any atom is -0.493 e. The van der Waals surface area contributed by atoms with Gasteiger partial charge in [0.25, 0.3) is 0 Å². The summed E-state index contributed by atoms with van der Waals surface area (Å²) in [5.74, 6) is 0.879. The van der Waals surface area contributed by atoms with Gasteiger partial charge in [0.15, 0.2) is 0 Å². The van der Waals surface area contributed by atoms with Gasteiger partial charge in [-0.1, -0.05) is 6.07 Å². The second-order valence-electron chi connectivity index (χ2n) is 3.42. The molecule has 0 N–H and O–H groups in total. The normalized spacial score (nSPS) is 14.9. The van der Waals surface area contributed by atoms with Crippen LogP contribution in [-0.4, -0.2) is 6.61 Å². The molecule has 1 aromatic carbocycles. The number of aryl methyl sites for hydroxylation is 1. The molecule has 1 aliphatic heterocycles. The zero-order valence-electron chi connectivity index (χ0n) is 7.77.